The quantitative estimate of drug-likeness (QED) is 0.829. The molecule has 1 aliphatic rings. The van der Waals surface area contributed by atoms with Crippen molar-refractivity contribution in [2.75, 3.05) is 32.7 Å². The van der Waals surface area contributed by atoms with Crippen LogP contribution in [0.25, 0.3) is 0 Å². The standard InChI is InChI=1S/C17H29N3/c1-2-19(13-11-18)15-17-10-6-7-12-20(17)14-16-8-4-3-5-9-16/h3-5,8-9,17H,2,6-7,10-15,18H2,1H3/t17-/m1/s1. The zero-order valence-electron chi connectivity index (χ0n) is 12.8. The predicted molar refractivity (Wildman–Crippen MR) is 85.7 cm³/mol. The molecule has 0 aliphatic carbocycles. The van der Waals surface area contributed by atoms with Crippen LogP contribution < -0.4 is 5.73 Å². The minimum atomic E-state index is 0.690. The van der Waals surface area contributed by atoms with Gasteiger partial charge in [0.25, 0.3) is 0 Å². The second-order valence-corrected chi connectivity index (χ2v) is 5.79. The Morgan fingerprint density at radius 2 is 2.05 bits per heavy atom. The highest BCUT2D eigenvalue weighted by Crippen LogP contribution is 2.20. The molecule has 0 radical (unpaired) electrons. The van der Waals surface area contributed by atoms with Crippen LogP contribution in [0.4, 0.5) is 0 Å². The first kappa shape index (κ1) is 15.5. The van der Waals surface area contributed by atoms with Gasteiger partial charge in [0.15, 0.2) is 0 Å². The minimum absolute atomic E-state index is 0.690. The number of likely N-dealkylation sites (N-methyl/N-ethyl adjacent to an activating group) is 1. The number of nitrogens with zero attached hydrogens (tertiary/aromatic N) is 2. The molecule has 0 amide bonds. The Balaban J connectivity index is 1.94. The van der Waals surface area contributed by atoms with Gasteiger partial charge < -0.3 is 10.6 Å². The van der Waals surface area contributed by atoms with E-state index < -0.39 is 0 Å². The lowest BCUT2D eigenvalue weighted by atomic mass is 10.0. The van der Waals surface area contributed by atoms with E-state index in [9.17, 15) is 0 Å². The summed E-state index contributed by atoms with van der Waals surface area (Å²) in [4.78, 5) is 5.16. The molecule has 0 spiro atoms. The second-order valence-electron chi connectivity index (χ2n) is 5.79. The van der Waals surface area contributed by atoms with Crippen LogP contribution in [0.5, 0.6) is 0 Å². The topological polar surface area (TPSA) is 32.5 Å². The Morgan fingerprint density at radius 3 is 2.75 bits per heavy atom. The Bertz CT molecular complexity index is 366. The molecule has 0 bridgehead atoms. The molecule has 1 atom stereocenters. The van der Waals surface area contributed by atoms with E-state index >= 15 is 0 Å². The van der Waals surface area contributed by atoms with Gasteiger partial charge in [0.05, 0.1) is 0 Å². The fourth-order valence-corrected chi connectivity index (χ4v) is 3.15. The monoisotopic (exact) mass is 275 g/mol. The molecule has 1 saturated heterocycles. The highest BCUT2D eigenvalue weighted by molar-refractivity contribution is 5.14. The molecule has 2 N–H and O–H groups in total. The lowest BCUT2D eigenvalue weighted by Crippen LogP contribution is -2.47. The first-order chi connectivity index (χ1) is 9.83. The third kappa shape index (κ3) is 4.58. The van der Waals surface area contributed by atoms with Gasteiger partial charge in [-0.05, 0) is 31.5 Å². The number of benzene rings is 1. The molecule has 1 fully saturated rings. The summed E-state index contributed by atoms with van der Waals surface area (Å²) in [7, 11) is 0. The number of hydrogen-bond donors (Lipinski definition) is 1. The van der Waals surface area contributed by atoms with Gasteiger partial charge in [-0.1, -0.05) is 43.7 Å². The molecule has 1 aromatic rings. The summed E-state index contributed by atoms with van der Waals surface area (Å²) in [5.41, 5.74) is 7.14. The summed E-state index contributed by atoms with van der Waals surface area (Å²) in [6.07, 6.45) is 4.04. The van der Waals surface area contributed by atoms with Crippen molar-refractivity contribution in [2.24, 2.45) is 5.73 Å². The zero-order valence-corrected chi connectivity index (χ0v) is 12.8. The van der Waals surface area contributed by atoms with Crippen LogP contribution in [0.15, 0.2) is 30.3 Å². The molecule has 0 aromatic heterocycles. The average molecular weight is 275 g/mol. The Morgan fingerprint density at radius 1 is 1.25 bits per heavy atom. The van der Waals surface area contributed by atoms with Crippen molar-refractivity contribution in [3.8, 4) is 0 Å². The number of hydrogen-bond acceptors (Lipinski definition) is 3. The molecule has 1 aromatic carbocycles. The number of nitrogens with two attached hydrogens (primary N) is 1. The van der Waals surface area contributed by atoms with Crippen LogP contribution >= 0.6 is 0 Å². The fraction of sp³-hybridized carbons (Fsp3) is 0.647. The normalized spacial score (nSPS) is 20.4. The SMILES string of the molecule is CCN(CCN)C[C@H]1CCCCN1Cc1ccccc1. The largest absolute Gasteiger partial charge is 0.329 e. The summed E-state index contributed by atoms with van der Waals surface area (Å²) in [6, 6.07) is 11.5. The van der Waals surface area contributed by atoms with Gasteiger partial charge in [-0.25, -0.2) is 0 Å². The lowest BCUT2D eigenvalue weighted by Gasteiger charge is -2.38. The van der Waals surface area contributed by atoms with Crippen LogP contribution in [0.3, 0.4) is 0 Å². The molecule has 20 heavy (non-hydrogen) atoms. The minimum Gasteiger partial charge on any atom is -0.329 e. The molecule has 112 valence electrons. The third-order valence-corrected chi connectivity index (χ3v) is 4.34. The number of likely N-dealkylation sites (tertiary alicyclic amines) is 1. The highest BCUT2D eigenvalue weighted by Gasteiger charge is 2.23. The number of rotatable bonds is 7. The van der Waals surface area contributed by atoms with E-state index in [1.165, 1.54) is 37.9 Å². The highest BCUT2D eigenvalue weighted by atomic mass is 15.2. The molecule has 1 heterocycles. The summed E-state index contributed by atoms with van der Waals surface area (Å²) in [5.74, 6) is 0. The van der Waals surface area contributed by atoms with Crippen LogP contribution in [-0.4, -0.2) is 48.6 Å². The van der Waals surface area contributed by atoms with Crippen molar-refractivity contribution in [1.29, 1.82) is 0 Å². The van der Waals surface area contributed by atoms with E-state index in [4.69, 9.17) is 5.73 Å². The number of piperidine rings is 1. The van der Waals surface area contributed by atoms with Gasteiger partial charge in [-0.2, -0.15) is 0 Å². The van der Waals surface area contributed by atoms with E-state index in [1.54, 1.807) is 0 Å². The average Bonchev–Trinajstić information content (AvgIpc) is 2.49. The maximum atomic E-state index is 5.71. The summed E-state index contributed by atoms with van der Waals surface area (Å²) < 4.78 is 0. The summed E-state index contributed by atoms with van der Waals surface area (Å²) in [5, 5.41) is 0. The first-order valence-corrected chi connectivity index (χ1v) is 8.04. The van der Waals surface area contributed by atoms with Crippen molar-refractivity contribution in [2.45, 2.75) is 38.8 Å². The van der Waals surface area contributed by atoms with Crippen LogP contribution in [0.1, 0.15) is 31.7 Å². The second kappa shape index (κ2) is 8.40. The fourth-order valence-electron chi connectivity index (χ4n) is 3.15. The van der Waals surface area contributed by atoms with Gasteiger partial charge in [0.2, 0.25) is 0 Å². The molecular formula is C17H29N3. The van der Waals surface area contributed by atoms with Gasteiger partial charge in [0.1, 0.15) is 0 Å². The van der Waals surface area contributed by atoms with E-state index in [-0.39, 0.29) is 0 Å². The molecule has 3 heteroatoms. The smallest absolute Gasteiger partial charge is 0.0237 e. The van der Waals surface area contributed by atoms with E-state index in [0.717, 1.165) is 26.2 Å². The van der Waals surface area contributed by atoms with Crippen LogP contribution in [-0.2, 0) is 6.54 Å². The third-order valence-electron chi connectivity index (χ3n) is 4.34. The molecule has 0 unspecified atom stereocenters. The van der Waals surface area contributed by atoms with Crippen LogP contribution in [0.2, 0.25) is 0 Å². The van der Waals surface area contributed by atoms with Crippen molar-refractivity contribution < 1.29 is 0 Å². The van der Waals surface area contributed by atoms with Gasteiger partial charge in [-0.15, -0.1) is 0 Å². The van der Waals surface area contributed by atoms with Crippen molar-refractivity contribution in [3.63, 3.8) is 0 Å². The van der Waals surface area contributed by atoms with Crippen molar-refractivity contribution in [1.82, 2.24) is 9.80 Å². The zero-order chi connectivity index (χ0) is 14.2. The molecular weight excluding hydrogens is 246 g/mol. The Kier molecular flexibility index (Phi) is 6.51. The molecule has 0 saturated carbocycles. The first-order valence-electron chi connectivity index (χ1n) is 8.04. The molecule has 3 nitrogen and oxygen atoms in total. The Hall–Kier alpha value is -0.900. The van der Waals surface area contributed by atoms with E-state index in [2.05, 4.69) is 47.1 Å². The maximum absolute atomic E-state index is 5.71. The summed E-state index contributed by atoms with van der Waals surface area (Å²) >= 11 is 0. The predicted octanol–water partition coefficient (Wildman–Crippen LogP) is 2.32. The summed E-state index contributed by atoms with van der Waals surface area (Å²) in [6.45, 7) is 8.62. The van der Waals surface area contributed by atoms with Gasteiger partial charge in [0, 0.05) is 32.2 Å². The van der Waals surface area contributed by atoms with E-state index in [0.29, 0.717) is 6.04 Å². The maximum Gasteiger partial charge on any atom is 0.0237 e. The van der Waals surface area contributed by atoms with Crippen molar-refractivity contribution in [3.05, 3.63) is 35.9 Å². The van der Waals surface area contributed by atoms with Crippen molar-refractivity contribution >= 4 is 0 Å². The molecule has 1 aliphatic heterocycles. The van der Waals surface area contributed by atoms with Crippen LogP contribution in [0, 0.1) is 0 Å². The van der Waals surface area contributed by atoms with Gasteiger partial charge in [-0.3, -0.25) is 4.90 Å². The van der Waals surface area contributed by atoms with E-state index in [1.807, 2.05) is 0 Å². The lowest BCUT2D eigenvalue weighted by molar-refractivity contribution is 0.101. The Labute approximate surface area is 123 Å². The van der Waals surface area contributed by atoms with Gasteiger partial charge >= 0.3 is 0 Å². The molecule has 2 rings (SSSR count).